The quantitative estimate of drug-likeness (QED) is 0.515. The summed E-state index contributed by atoms with van der Waals surface area (Å²) in [6.07, 6.45) is 0. The molecular formula is C16H30ClN5. The minimum atomic E-state index is 0.410. The van der Waals surface area contributed by atoms with E-state index in [0.717, 1.165) is 31.9 Å². The summed E-state index contributed by atoms with van der Waals surface area (Å²) in [7, 11) is 3.78. The predicted octanol–water partition coefficient (Wildman–Crippen LogP) is 2.87. The summed E-state index contributed by atoms with van der Waals surface area (Å²) in [5.41, 5.74) is 7.48. The van der Waals surface area contributed by atoms with Crippen LogP contribution in [0.25, 0.3) is 0 Å². The van der Waals surface area contributed by atoms with Crippen LogP contribution in [0.3, 0.4) is 0 Å². The summed E-state index contributed by atoms with van der Waals surface area (Å²) in [6, 6.07) is 3.82. The van der Waals surface area contributed by atoms with Gasteiger partial charge in [-0.05, 0) is 19.2 Å². The van der Waals surface area contributed by atoms with Gasteiger partial charge in [0.05, 0.1) is 0 Å². The molecule has 1 fully saturated rings. The van der Waals surface area contributed by atoms with Crippen molar-refractivity contribution < 1.29 is 0 Å². The second-order valence-electron chi connectivity index (χ2n) is 4.43. The summed E-state index contributed by atoms with van der Waals surface area (Å²) >= 11 is 6.04. The molecule has 2 rings (SSSR count). The summed E-state index contributed by atoms with van der Waals surface area (Å²) in [6.45, 7) is 12.1. The Bertz CT molecular complexity index is 454. The van der Waals surface area contributed by atoms with E-state index in [2.05, 4.69) is 26.8 Å². The fraction of sp³-hybridized carbons (Fsp3) is 0.625. The number of nitrogens with zero attached hydrogens (tertiary/aromatic N) is 4. The van der Waals surface area contributed by atoms with E-state index in [1.54, 1.807) is 7.05 Å². The molecule has 0 atom stereocenters. The molecule has 0 unspecified atom stereocenters. The smallest absolute Gasteiger partial charge is 0.144 e. The van der Waals surface area contributed by atoms with Crippen LogP contribution in [0, 0.1) is 0 Å². The number of pyridine rings is 1. The van der Waals surface area contributed by atoms with Gasteiger partial charge in [-0.25, -0.2) is 4.98 Å². The lowest BCUT2D eigenvalue weighted by Crippen LogP contribution is -2.44. The second-order valence-corrected chi connectivity index (χ2v) is 4.82. The topological polar surface area (TPSA) is 57.8 Å². The summed E-state index contributed by atoms with van der Waals surface area (Å²) in [5, 5.41) is 0.452. The molecule has 126 valence electrons. The molecule has 22 heavy (non-hydrogen) atoms. The Morgan fingerprint density at radius 1 is 1.14 bits per heavy atom. The summed E-state index contributed by atoms with van der Waals surface area (Å²) in [5.74, 6) is 0.410. The van der Waals surface area contributed by atoms with Crippen molar-refractivity contribution >= 4 is 23.1 Å². The number of hydrogen-bond donors (Lipinski definition) is 1. The van der Waals surface area contributed by atoms with Crippen LogP contribution in [0.15, 0.2) is 17.1 Å². The van der Waals surface area contributed by atoms with Crippen LogP contribution in [0.5, 0.6) is 0 Å². The summed E-state index contributed by atoms with van der Waals surface area (Å²) in [4.78, 5) is 12.7. The van der Waals surface area contributed by atoms with Crippen LogP contribution in [-0.2, 0) is 0 Å². The highest BCUT2D eigenvalue weighted by molar-refractivity contribution is 6.29. The third-order valence-electron chi connectivity index (χ3n) is 3.15. The largest absolute Gasteiger partial charge is 0.382 e. The van der Waals surface area contributed by atoms with Gasteiger partial charge in [0.2, 0.25) is 0 Å². The molecule has 0 radical (unpaired) electrons. The van der Waals surface area contributed by atoms with E-state index in [-0.39, 0.29) is 0 Å². The van der Waals surface area contributed by atoms with E-state index in [9.17, 15) is 0 Å². The first-order valence-electron chi connectivity index (χ1n) is 7.94. The number of amidine groups is 1. The van der Waals surface area contributed by atoms with Crippen LogP contribution in [0.1, 0.15) is 33.4 Å². The first-order chi connectivity index (χ1) is 10.6. The number of piperazine rings is 1. The highest BCUT2D eigenvalue weighted by Crippen LogP contribution is 2.21. The lowest BCUT2D eigenvalue weighted by Gasteiger charge is -2.34. The van der Waals surface area contributed by atoms with Crippen LogP contribution < -0.4 is 10.6 Å². The Labute approximate surface area is 140 Å². The molecule has 6 heteroatoms. The molecule has 0 spiro atoms. The second kappa shape index (κ2) is 11.3. The van der Waals surface area contributed by atoms with Crippen molar-refractivity contribution in [1.29, 1.82) is 0 Å². The minimum absolute atomic E-state index is 0.410. The molecule has 1 aliphatic heterocycles. The van der Waals surface area contributed by atoms with E-state index >= 15 is 0 Å². The number of aromatic nitrogens is 1. The minimum Gasteiger partial charge on any atom is -0.382 e. The van der Waals surface area contributed by atoms with E-state index in [4.69, 9.17) is 17.3 Å². The third kappa shape index (κ3) is 6.20. The van der Waals surface area contributed by atoms with Gasteiger partial charge in [-0.1, -0.05) is 39.3 Å². The zero-order valence-electron chi connectivity index (χ0n) is 14.7. The van der Waals surface area contributed by atoms with Crippen LogP contribution in [-0.4, -0.2) is 56.0 Å². The number of likely N-dealkylation sites (N-methyl/N-ethyl adjacent to an activating group) is 1. The van der Waals surface area contributed by atoms with Crippen LogP contribution >= 0.6 is 11.6 Å². The molecule has 0 bridgehead atoms. The SMILES string of the molecule is CC.CC.CN=C(N)c1cc(N2CCN(C)CC2)cc(Cl)n1. The molecule has 1 aromatic rings. The molecular weight excluding hydrogens is 298 g/mol. The van der Waals surface area contributed by atoms with Gasteiger partial charge in [-0.15, -0.1) is 0 Å². The van der Waals surface area contributed by atoms with E-state index in [0.29, 0.717) is 16.7 Å². The number of anilines is 1. The summed E-state index contributed by atoms with van der Waals surface area (Å²) < 4.78 is 0. The molecule has 0 aromatic carbocycles. The highest BCUT2D eigenvalue weighted by Gasteiger charge is 2.16. The van der Waals surface area contributed by atoms with Crippen molar-refractivity contribution in [2.75, 3.05) is 45.2 Å². The fourth-order valence-corrected chi connectivity index (χ4v) is 2.18. The Kier molecular flexibility index (Phi) is 10.6. The zero-order valence-corrected chi connectivity index (χ0v) is 15.5. The number of hydrogen-bond acceptors (Lipinski definition) is 4. The monoisotopic (exact) mass is 327 g/mol. The number of halogens is 1. The fourth-order valence-electron chi connectivity index (χ4n) is 1.98. The first kappa shape index (κ1) is 20.7. The number of aliphatic imine (C=N–C) groups is 1. The molecule has 2 N–H and O–H groups in total. The van der Waals surface area contributed by atoms with Gasteiger partial charge in [0, 0.05) is 38.9 Å². The number of nitrogens with two attached hydrogens (primary N) is 1. The maximum atomic E-state index is 6.04. The first-order valence-corrected chi connectivity index (χ1v) is 8.31. The van der Waals surface area contributed by atoms with Gasteiger partial charge in [-0.3, -0.25) is 4.99 Å². The molecule has 0 saturated carbocycles. The Hall–Kier alpha value is -1.33. The lowest BCUT2D eigenvalue weighted by molar-refractivity contribution is 0.313. The number of rotatable bonds is 2. The average molecular weight is 328 g/mol. The highest BCUT2D eigenvalue weighted by atomic mass is 35.5. The Balaban J connectivity index is 0.00000102. The zero-order chi connectivity index (χ0) is 17.1. The van der Waals surface area contributed by atoms with Gasteiger partial charge in [0.1, 0.15) is 16.7 Å². The Morgan fingerprint density at radius 2 is 1.68 bits per heavy atom. The van der Waals surface area contributed by atoms with Crippen molar-refractivity contribution in [2.45, 2.75) is 27.7 Å². The van der Waals surface area contributed by atoms with Crippen molar-refractivity contribution in [2.24, 2.45) is 10.7 Å². The standard InChI is InChI=1S/C12H18ClN5.2C2H6/c1-15-12(14)10-7-9(8-11(13)16-10)18-5-3-17(2)4-6-18;2*1-2/h7-8H,3-6H2,1-2H3,(H2,14,15);2*1-2H3. The molecule has 5 nitrogen and oxygen atoms in total. The van der Waals surface area contributed by atoms with Gasteiger partial charge in [-0.2, -0.15) is 0 Å². The maximum Gasteiger partial charge on any atom is 0.144 e. The molecule has 1 aromatic heterocycles. The molecule has 0 amide bonds. The van der Waals surface area contributed by atoms with Crippen molar-refractivity contribution in [3.63, 3.8) is 0 Å². The van der Waals surface area contributed by atoms with Gasteiger partial charge >= 0.3 is 0 Å². The maximum absolute atomic E-state index is 6.04. The molecule has 2 heterocycles. The van der Waals surface area contributed by atoms with Gasteiger partial charge < -0.3 is 15.5 Å². The van der Waals surface area contributed by atoms with Gasteiger partial charge in [0.25, 0.3) is 0 Å². The Morgan fingerprint density at radius 3 is 2.18 bits per heavy atom. The molecule has 1 aliphatic rings. The molecule has 0 aliphatic carbocycles. The van der Waals surface area contributed by atoms with Crippen molar-refractivity contribution in [3.05, 3.63) is 23.0 Å². The lowest BCUT2D eigenvalue weighted by atomic mass is 10.2. The van der Waals surface area contributed by atoms with E-state index in [1.807, 2.05) is 39.8 Å². The average Bonchev–Trinajstić information content (AvgIpc) is 2.58. The molecule has 1 saturated heterocycles. The van der Waals surface area contributed by atoms with Crippen LogP contribution in [0.4, 0.5) is 5.69 Å². The van der Waals surface area contributed by atoms with E-state index in [1.165, 1.54) is 0 Å². The van der Waals surface area contributed by atoms with Crippen molar-refractivity contribution in [3.8, 4) is 0 Å². The van der Waals surface area contributed by atoms with E-state index < -0.39 is 0 Å². The normalized spacial score (nSPS) is 15.4. The predicted molar refractivity (Wildman–Crippen MR) is 98.3 cm³/mol. The third-order valence-corrected chi connectivity index (χ3v) is 3.34. The van der Waals surface area contributed by atoms with Crippen LogP contribution in [0.2, 0.25) is 5.15 Å². The van der Waals surface area contributed by atoms with Gasteiger partial charge in [0.15, 0.2) is 0 Å². The van der Waals surface area contributed by atoms with Crippen molar-refractivity contribution in [1.82, 2.24) is 9.88 Å².